The van der Waals surface area contributed by atoms with E-state index in [9.17, 15) is 0 Å². The third-order valence-electron chi connectivity index (χ3n) is 3.27. The molecule has 1 aliphatic rings. The molecule has 3 nitrogen and oxygen atoms in total. The Morgan fingerprint density at radius 2 is 2.25 bits per heavy atom. The maximum atomic E-state index is 6.01. The molecular weight excluding hydrogens is 244 g/mol. The Labute approximate surface area is 107 Å². The Bertz CT molecular complexity index is 341. The average molecular weight is 261 g/mol. The second-order valence-corrected chi connectivity index (χ2v) is 5.25. The van der Waals surface area contributed by atoms with Gasteiger partial charge in [-0.1, -0.05) is 11.6 Å². The van der Waals surface area contributed by atoms with Gasteiger partial charge in [0.25, 0.3) is 0 Å². The van der Waals surface area contributed by atoms with Crippen LogP contribution in [0.2, 0.25) is 5.02 Å². The Balaban J connectivity index is 2.11. The lowest BCUT2D eigenvalue weighted by Gasteiger charge is -2.35. The quantitative estimate of drug-likeness (QED) is 0.846. The number of rotatable bonds is 3. The van der Waals surface area contributed by atoms with E-state index in [-0.39, 0.29) is 5.41 Å². The van der Waals surface area contributed by atoms with Gasteiger partial charge >= 0.3 is 0 Å². The average Bonchev–Trinajstić information content (AvgIpc) is 2.59. The predicted molar refractivity (Wildman–Crippen MR) is 68.3 cm³/mol. The minimum absolute atomic E-state index is 0.211. The van der Waals surface area contributed by atoms with Gasteiger partial charge in [-0.05, 0) is 25.5 Å². The minimum Gasteiger partial charge on any atom is -0.381 e. The molecule has 90 valence electrons. The van der Waals surface area contributed by atoms with Gasteiger partial charge in [-0.25, -0.2) is 0 Å². The van der Waals surface area contributed by atoms with Crippen molar-refractivity contribution in [3.63, 3.8) is 0 Å². The van der Waals surface area contributed by atoms with Crippen molar-refractivity contribution < 1.29 is 4.74 Å². The van der Waals surface area contributed by atoms with E-state index in [0.717, 1.165) is 49.1 Å². The van der Waals surface area contributed by atoms with Crippen molar-refractivity contribution in [2.45, 2.75) is 26.3 Å². The van der Waals surface area contributed by atoms with E-state index in [1.807, 2.05) is 17.8 Å². The molecule has 0 amide bonds. The minimum atomic E-state index is 0.211. The molecule has 0 atom stereocenters. The molecule has 1 aromatic rings. The molecule has 0 spiro atoms. The zero-order chi connectivity index (χ0) is 11.6. The van der Waals surface area contributed by atoms with Gasteiger partial charge in [0, 0.05) is 31.4 Å². The number of hydrogen-bond donors (Lipinski definition) is 1. The maximum Gasteiger partial charge on any atom is 0.0814 e. The molecule has 2 rings (SSSR count). The van der Waals surface area contributed by atoms with E-state index >= 15 is 0 Å². The van der Waals surface area contributed by atoms with Gasteiger partial charge in [0.05, 0.1) is 10.7 Å². The summed E-state index contributed by atoms with van der Waals surface area (Å²) >= 11 is 10.5. The van der Waals surface area contributed by atoms with Crippen LogP contribution >= 0.6 is 24.2 Å². The first-order valence-corrected chi connectivity index (χ1v) is 6.54. The Morgan fingerprint density at radius 3 is 2.75 bits per heavy atom. The van der Waals surface area contributed by atoms with Crippen molar-refractivity contribution >= 4 is 24.2 Å². The van der Waals surface area contributed by atoms with Crippen molar-refractivity contribution in [2.75, 3.05) is 19.0 Å². The van der Waals surface area contributed by atoms with Gasteiger partial charge in [0.2, 0.25) is 0 Å². The highest BCUT2D eigenvalue weighted by Crippen LogP contribution is 2.33. The van der Waals surface area contributed by atoms with Crippen LogP contribution < -0.4 is 0 Å². The molecule has 16 heavy (non-hydrogen) atoms. The predicted octanol–water partition coefficient (Wildman–Crippen LogP) is 2.57. The number of nitrogens with zero attached hydrogens (tertiary/aromatic N) is 2. The summed E-state index contributed by atoms with van der Waals surface area (Å²) in [5, 5.41) is 5.14. The summed E-state index contributed by atoms with van der Waals surface area (Å²) in [4.78, 5) is 0. The first-order valence-electron chi connectivity index (χ1n) is 5.53. The van der Waals surface area contributed by atoms with Crippen molar-refractivity contribution in [3.8, 4) is 0 Å². The molecule has 0 aliphatic carbocycles. The van der Waals surface area contributed by atoms with Gasteiger partial charge in [-0.3, -0.25) is 4.68 Å². The fourth-order valence-corrected chi connectivity index (χ4v) is 2.66. The number of thiol groups is 1. The molecule has 0 saturated carbocycles. The van der Waals surface area contributed by atoms with Gasteiger partial charge in [-0.2, -0.15) is 17.7 Å². The van der Waals surface area contributed by atoms with Crippen molar-refractivity contribution in [1.29, 1.82) is 0 Å². The molecular formula is C11H17ClN2OS. The summed E-state index contributed by atoms with van der Waals surface area (Å²) in [6.45, 7) is 4.46. The summed E-state index contributed by atoms with van der Waals surface area (Å²) < 4.78 is 7.35. The molecule has 0 N–H and O–H groups in total. The lowest BCUT2D eigenvalue weighted by molar-refractivity contribution is 0.0165. The van der Waals surface area contributed by atoms with Crippen molar-refractivity contribution in [1.82, 2.24) is 9.78 Å². The van der Waals surface area contributed by atoms with E-state index in [1.54, 1.807) is 0 Å². The van der Waals surface area contributed by atoms with Crippen LogP contribution in [0.1, 0.15) is 18.5 Å². The van der Waals surface area contributed by atoms with Crippen LogP contribution in [0.25, 0.3) is 0 Å². The standard InChI is InChI=1S/C11H17ClN2OS/c1-9-10(12)6-14(13-9)7-11(8-16)2-4-15-5-3-11/h6,16H,2-5,7-8H2,1H3. The molecule has 1 fully saturated rings. The van der Waals surface area contributed by atoms with E-state index < -0.39 is 0 Å². The molecule has 0 bridgehead atoms. The van der Waals surface area contributed by atoms with Gasteiger partial charge in [-0.15, -0.1) is 0 Å². The number of hydrogen-bond acceptors (Lipinski definition) is 3. The lowest BCUT2D eigenvalue weighted by Crippen LogP contribution is -2.35. The van der Waals surface area contributed by atoms with E-state index in [2.05, 4.69) is 17.7 Å². The fourth-order valence-electron chi connectivity index (χ4n) is 2.09. The number of aryl methyl sites for hydroxylation is 1. The highest BCUT2D eigenvalue weighted by Gasteiger charge is 2.32. The second kappa shape index (κ2) is 4.98. The zero-order valence-electron chi connectivity index (χ0n) is 9.45. The topological polar surface area (TPSA) is 27.1 Å². The van der Waals surface area contributed by atoms with Crippen LogP contribution in [0, 0.1) is 12.3 Å². The monoisotopic (exact) mass is 260 g/mol. The van der Waals surface area contributed by atoms with E-state index in [1.165, 1.54) is 0 Å². The number of halogens is 1. The van der Waals surface area contributed by atoms with E-state index in [4.69, 9.17) is 16.3 Å². The van der Waals surface area contributed by atoms with Gasteiger partial charge in [0.15, 0.2) is 0 Å². The van der Waals surface area contributed by atoms with Crippen LogP contribution in [-0.2, 0) is 11.3 Å². The number of ether oxygens (including phenoxy) is 1. The molecule has 1 aliphatic heterocycles. The molecule has 0 radical (unpaired) electrons. The largest absolute Gasteiger partial charge is 0.381 e. The summed E-state index contributed by atoms with van der Waals surface area (Å²) in [5.41, 5.74) is 1.10. The van der Waals surface area contributed by atoms with Crippen LogP contribution in [0.5, 0.6) is 0 Å². The highest BCUT2D eigenvalue weighted by molar-refractivity contribution is 7.80. The Morgan fingerprint density at radius 1 is 1.56 bits per heavy atom. The second-order valence-electron chi connectivity index (χ2n) is 4.53. The molecule has 1 aromatic heterocycles. The summed E-state index contributed by atoms with van der Waals surface area (Å²) in [6, 6.07) is 0. The molecule has 0 aromatic carbocycles. The normalized spacial score (nSPS) is 19.9. The Hall–Kier alpha value is -0.190. The van der Waals surface area contributed by atoms with Crippen LogP contribution in [0.3, 0.4) is 0 Å². The third-order valence-corrected chi connectivity index (χ3v) is 4.31. The summed E-state index contributed by atoms with van der Waals surface area (Å²) in [7, 11) is 0. The maximum absolute atomic E-state index is 6.01. The van der Waals surface area contributed by atoms with Crippen molar-refractivity contribution in [3.05, 3.63) is 16.9 Å². The van der Waals surface area contributed by atoms with Gasteiger partial charge < -0.3 is 4.74 Å². The fraction of sp³-hybridized carbons (Fsp3) is 0.727. The van der Waals surface area contributed by atoms with Crippen molar-refractivity contribution in [2.24, 2.45) is 5.41 Å². The SMILES string of the molecule is Cc1nn(CC2(CS)CCOCC2)cc1Cl. The van der Waals surface area contributed by atoms with Crippen LogP contribution in [0.15, 0.2) is 6.20 Å². The lowest BCUT2D eigenvalue weighted by atomic mass is 9.82. The zero-order valence-corrected chi connectivity index (χ0v) is 11.1. The smallest absolute Gasteiger partial charge is 0.0814 e. The molecule has 1 saturated heterocycles. The number of aromatic nitrogens is 2. The summed E-state index contributed by atoms with van der Waals surface area (Å²) in [6.07, 6.45) is 4.00. The van der Waals surface area contributed by atoms with Gasteiger partial charge in [0.1, 0.15) is 0 Å². The first-order chi connectivity index (χ1) is 7.65. The van der Waals surface area contributed by atoms with Crippen LogP contribution in [0.4, 0.5) is 0 Å². The third kappa shape index (κ3) is 2.55. The van der Waals surface area contributed by atoms with E-state index in [0.29, 0.717) is 0 Å². The van der Waals surface area contributed by atoms with Crippen LogP contribution in [-0.4, -0.2) is 28.7 Å². The molecule has 2 heterocycles. The molecule has 5 heteroatoms. The Kier molecular flexibility index (Phi) is 3.82. The summed E-state index contributed by atoms with van der Waals surface area (Å²) in [5.74, 6) is 0.868. The first kappa shape index (κ1) is 12.3. The highest BCUT2D eigenvalue weighted by atomic mass is 35.5. The molecule has 0 unspecified atom stereocenters.